The first-order valence-electron chi connectivity index (χ1n) is 6.85. The Kier molecular flexibility index (Phi) is 5.45. The number of nitrogens with one attached hydrogen (secondary N) is 1. The van der Waals surface area contributed by atoms with Crippen LogP contribution in [0.15, 0.2) is 22.9 Å². The lowest BCUT2D eigenvalue weighted by atomic mass is 10.0. The largest absolute Gasteiger partial charge is 0.384 e. The minimum atomic E-state index is 0.770. The van der Waals surface area contributed by atoms with Gasteiger partial charge in [-0.25, -0.2) is 0 Å². The van der Waals surface area contributed by atoms with Crippen molar-refractivity contribution in [2.24, 2.45) is 0 Å². The highest BCUT2D eigenvalue weighted by Gasteiger charge is 2.16. The summed E-state index contributed by atoms with van der Waals surface area (Å²) < 4.78 is 1.04. The van der Waals surface area contributed by atoms with Gasteiger partial charge in [0.1, 0.15) is 0 Å². The molecule has 0 amide bonds. The monoisotopic (exact) mass is 311 g/mol. The third-order valence-corrected chi connectivity index (χ3v) is 4.28. The van der Waals surface area contributed by atoms with E-state index >= 15 is 0 Å². The number of piperidine rings is 1. The van der Waals surface area contributed by atoms with Gasteiger partial charge in [-0.3, -0.25) is 4.98 Å². The summed E-state index contributed by atoms with van der Waals surface area (Å²) in [4.78, 5) is 6.68. The molecule has 1 fully saturated rings. The van der Waals surface area contributed by atoms with Gasteiger partial charge in [-0.1, -0.05) is 6.42 Å². The summed E-state index contributed by atoms with van der Waals surface area (Å²) in [5.41, 5.74) is 1.14. The van der Waals surface area contributed by atoms with E-state index in [1.807, 2.05) is 18.5 Å². The normalized spacial score (nSPS) is 20.9. The molecule has 1 saturated heterocycles. The van der Waals surface area contributed by atoms with Gasteiger partial charge in [0.15, 0.2) is 0 Å². The number of pyridine rings is 1. The summed E-state index contributed by atoms with van der Waals surface area (Å²) in [7, 11) is 0. The van der Waals surface area contributed by atoms with E-state index in [1.165, 1.54) is 38.8 Å². The van der Waals surface area contributed by atoms with Crippen LogP contribution in [0.3, 0.4) is 0 Å². The molecule has 1 atom stereocenters. The van der Waals surface area contributed by atoms with E-state index in [0.29, 0.717) is 0 Å². The zero-order valence-corrected chi connectivity index (χ0v) is 12.6. The fourth-order valence-electron chi connectivity index (χ4n) is 2.51. The quantitative estimate of drug-likeness (QED) is 0.843. The Morgan fingerprint density at radius 2 is 2.39 bits per heavy atom. The van der Waals surface area contributed by atoms with Crippen LogP contribution in [0, 0.1) is 0 Å². The summed E-state index contributed by atoms with van der Waals surface area (Å²) in [6.45, 7) is 5.86. The minimum Gasteiger partial charge on any atom is -0.384 e. The Morgan fingerprint density at radius 3 is 3.17 bits per heavy atom. The summed E-state index contributed by atoms with van der Waals surface area (Å²) >= 11 is 3.50. The number of nitrogens with zero attached hydrogens (tertiary/aromatic N) is 2. The maximum absolute atomic E-state index is 4.06. The summed E-state index contributed by atoms with van der Waals surface area (Å²) in [6, 6.07) is 2.78. The molecule has 2 rings (SSSR count). The molecule has 2 heterocycles. The van der Waals surface area contributed by atoms with Crippen LogP contribution in [0.25, 0.3) is 0 Å². The molecule has 1 aliphatic rings. The van der Waals surface area contributed by atoms with Crippen molar-refractivity contribution >= 4 is 21.6 Å². The minimum absolute atomic E-state index is 0.770. The molecule has 3 nitrogen and oxygen atoms in total. The van der Waals surface area contributed by atoms with E-state index in [1.54, 1.807) is 0 Å². The predicted molar refractivity (Wildman–Crippen MR) is 79.9 cm³/mol. The molecular weight excluding hydrogens is 290 g/mol. The van der Waals surface area contributed by atoms with Gasteiger partial charge in [0.25, 0.3) is 0 Å². The third kappa shape index (κ3) is 3.95. The van der Waals surface area contributed by atoms with Crippen molar-refractivity contribution in [3.05, 3.63) is 22.9 Å². The van der Waals surface area contributed by atoms with Crippen LogP contribution in [0.4, 0.5) is 5.69 Å². The van der Waals surface area contributed by atoms with Gasteiger partial charge in [-0.15, -0.1) is 0 Å². The Hall–Kier alpha value is -0.610. The highest BCUT2D eigenvalue weighted by molar-refractivity contribution is 9.10. The first kappa shape index (κ1) is 13.8. The van der Waals surface area contributed by atoms with Gasteiger partial charge < -0.3 is 10.2 Å². The SMILES string of the molecule is CC1CCCCN1CCCNc1ccncc1Br. The van der Waals surface area contributed by atoms with Crippen LogP contribution in [0.1, 0.15) is 32.6 Å². The Bertz CT molecular complexity index is 370. The van der Waals surface area contributed by atoms with Gasteiger partial charge in [0.05, 0.1) is 10.2 Å². The van der Waals surface area contributed by atoms with Crippen LogP contribution in [-0.4, -0.2) is 35.6 Å². The molecular formula is C14H22BrN3. The number of rotatable bonds is 5. The van der Waals surface area contributed by atoms with Crippen LogP contribution < -0.4 is 5.32 Å². The lowest BCUT2D eigenvalue weighted by Crippen LogP contribution is -2.38. The molecule has 0 aliphatic carbocycles. The van der Waals surface area contributed by atoms with E-state index in [2.05, 4.69) is 38.1 Å². The van der Waals surface area contributed by atoms with Crippen LogP contribution in [0.5, 0.6) is 0 Å². The molecule has 0 spiro atoms. The average Bonchev–Trinajstić information content (AvgIpc) is 2.38. The van der Waals surface area contributed by atoms with Crippen molar-refractivity contribution in [2.75, 3.05) is 25.0 Å². The Balaban J connectivity index is 1.68. The van der Waals surface area contributed by atoms with E-state index in [0.717, 1.165) is 22.7 Å². The van der Waals surface area contributed by atoms with Crippen LogP contribution in [-0.2, 0) is 0 Å². The second kappa shape index (κ2) is 7.10. The first-order valence-corrected chi connectivity index (χ1v) is 7.64. The highest BCUT2D eigenvalue weighted by Crippen LogP contribution is 2.20. The van der Waals surface area contributed by atoms with Crippen molar-refractivity contribution in [2.45, 2.75) is 38.6 Å². The molecule has 0 aromatic carbocycles. The summed E-state index contributed by atoms with van der Waals surface area (Å²) in [5, 5.41) is 3.45. The van der Waals surface area contributed by atoms with Gasteiger partial charge in [-0.05, 0) is 54.7 Å². The molecule has 1 unspecified atom stereocenters. The van der Waals surface area contributed by atoms with E-state index in [-0.39, 0.29) is 0 Å². The number of hydrogen-bond donors (Lipinski definition) is 1. The topological polar surface area (TPSA) is 28.2 Å². The lowest BCUT2D eigenvalue weighted by Gasteiger charge is -2.33. The number of aromatic nitrogens is 1. The summed E-state index contributed by atoms with van der Waals surface area (Å²) in [5.74, 6) is 0. The Morgan fingerprint density at radius 1 is 1.50 bits per heavy atom. The fourth-order valence-corrected chi connectivity index (χ4v) is 2.90. The van der Waals surface area contributed by atoms with Crippen molar-refractivity contribution in [3.63, 3.8) is 0 Å². The van der Waals surface area contributed by atoms with E-state index in [9.17, 15) is 0 Å². The smallest absolute Gasteiger partial charge is 0.0590 e. The molecule has 0 saturated carbocycles. The molecule has 100 valence electrons. The zero-order valence-electron chi connectivity index (χ0n) is 11.0. The fraction of sp³-hybridized carbons (Fsp3) is 0.643. The molecule has 1 N–H and O–H groups in total. The van der Waals surface area contributed by atoms with Crippen molar-refractivity contribution < 1.29 is 0 Å². The molecule has 4 heteroatoms. The molecule has 18 heavy (non-hydrogen) atoms. The van der Waals surface area contributed by atoms with Crippen molar-refractivity contribution in [1.82, 2.24) is 9.88 Å². The van der Waals surface area contributed by atoms with E-state index < -0.39 is 0 Å². The zero-order chi connectivity index (χ0) is 12.8. The predicted octanol–water partition coefficient (Wildman–Crippen LogP) is 3.52. The third-order valence-electron chi connectivity index (χ3n) is 3.65. The average molecular weight is 312 g/mol. The molecule has 0 radical (unpaired) electrons. The number of likely N-dealkylation sites (tertiary alicyclic amines) is 1. The van der Waals surface area contributed by atoms with Crippen LogP contribution in [0.2, 0.25) is 0 Å². The highest BCUT2D eigenvalue weighted by atomic mass is 79.9. The van der Waals surface area contributed by atoms with Crippen LogP contribution >= 0.6 is 15.9 Å². The number of halogens is 1. The molecule has 1 aromatic heterocycles. The molecule has 0 bridgehead atoms. The second-order valence-corrected chi connectivity index (χ2v) is 5.87. The maximum Gasteiger partial charge on any atom is 0.0590 e. The Labute approximate surface area is 118 Å². The number of anilines is 1. The van der Waals surface area contributed by atoms with Gasteiger partial charge in [-0.2, -0.15) is 0 Å². The van der Waals surface area contributed by atoms with Crippen molar-refractivity contribution in [3.8, 4) is 0 Å². The number of hydrogen-bond acceptors (Lipinski definition) is 3. The lowest BCUT2D eigenvalue weighted by molar-refractivity contribution is 0.160. The first-order chi connectivity index (χ1) is 8.77. The van der Waals surface area contributed by atoms with Gasteiger partial charge in [0, 0.05) is 31.5 Å². The summed E-state index contributed by atoms with van der Waals surface area (Å²) in [6.07, 6.45) is 8.98. The standard InChI is InChI=1S/C14H22BrN3/c1-12-5-2-3-9-18(12)10-4-7-17-14-6-8-16-11-13(14)15/h6,8,11-12H,2-5,7,9-10H2,1H3,(H,16,17). The van der Waals surface area contributed by atoms with Gasteiger partial charge in [0.2, 0.25) is 0 Å². The maximum atomic E-state index is 4.06. The van der Waals surface area contributed by atoms with Crippen molar-refractivity contribution in [1.29, 1.82) is 0 Å². The molecule has 1 aromatic rings. The second-order valence-electron chi connectivity index (χ2n) is 5.02. The van der Waals surface area contributed by atoms with Gasteiger partial charge >= 0.3 is 0 Å². The molecule has 1 aliphatic heterocycles. The van der Waals surface area contributed by atoms with E-state index in [4.69, 9.17) is 0 Å².